The summed E-state index contributed by atoms with van der Waals surface area (Å²) >= 11 is 9.49. The van der Waals surface area contributed by atoms with Crippen LogP contribution in [0.4, 0.5) is 11.4 Å². The molecule has 0 aromatic heterocycles. The minimum atomic E-state index is -0.412. The van der Waals surface area contributed by atoms with E-state index in [9.17, 15) is 9.59 Å². The van der Waals surface area contributed by atoms with E-state index >= 15 is 0 Å². The van der Waals surface area contributed by atoms with Crippen molar-refractivity contribution in [1.82, 2.24) is 0 Å². The molecule has 154 valence electrons. The van der Waals surface area contributed by atoms with Crippen molar-refractivity contribution >= 4 is 50.8 Å². The van der Waals surface area contributed by atoms with Crippen LogP contribution in [0.5, 0.6) is 0 Å². The zero-order chi connectivity index (χ0) is 20.8. The van der Waals surface area contributed by atoms with E-state index in [4.69, 9.17) is 21.1 Å². The number of morpholine rings is 1. The highest BCUT2D eigenvalue weighted by Gasteiger charge is 2.21. The second kappa shape index (κ2) is 10.1. The van der Waals surface area contributed by atoms with Crippen LogP contribution in [0.2, 0.25) is 5.02 Å². The predicted octanol–water partition coefficient (Wildman–Crippen LogP) is 4.76. The third-order valence-corrected chi connectivity index (χ3v) is 5.26. The molecule has 1 fully saturated rings. The van der Waals surface area contributed by atoms with Gasteiger partial charge in [0.05, 0.1) is 41.7 Å². The summed E-state index contributed by atoms with van der Waals surface area (Å²) in [5.74, 6) is -0.770. The molecule has 8 heteroatoms. The van der Waals surface area contributed by atoms with Gasteiger partial charge in [0.25, 0.3) is 5.91 Å². The average Bonchev–Trinajstić information content (AvgIpc) is 2.74. The Morgan fingerprint density at radius 2 is 1.93 bits per heavy atom. The van der Waals surface area contributed by atoms with E-state index < -0.39 is 5.97 Å². The second-order valence-electron chi connectivity index (χ2n) is 6.55. The van der Waals surface area contributed by atoms with Gasteiger partial charge in [-0.25, -0.2) is 4.79 Å². The normalized spacial score (nSPS) is 13.8. The number of rotatable bonds is 6. The molecule has 0 aliphatic carbocycles. The Bertz CT molecular complexity index is 900. The highest BCUT2D eigenvalue weighted by atomic mass is 79.9. The first-order chi connectivity index (χ1) is 14.0. The molecule has 2 aromatic carbocycles. The second-order valence-corrected chi connectivity index (χ2v) is 7.87. The first-order valence-electron chi connectivity index (χ1n) is 9.40. The summed E-state index contributed by atoms with van der Waals surface area (Å²) in [6, 6.07) is 10.3. The molecular weight excluding hydrogens is 460 g/mol. The van der Waals surface area contributed by atoms with Crippen LogP contribution in [0.15, 0.2) is 40.9 Å². The van der Waals surface area contributed by atoms with Gasteiger partial charge in [0.2, 0.25) is 0 Å². The first-order valence-corrected chi connectivity index (χ1v) is 10.6. The van der Waals surface area contributed by atoms with Crippen LogP contribution in [0.3, 0.4) is 0 Å². The Labute approximate surface area is 183 Å². The van der Waals surface area contributed by atoms with Crippen molar-refractivity contribution in [2.24, 2.45) is 0 Å². The SMILES string of the molecule is CCCOC(=O)c1cc(NC(=O)c2cc(Br)ccc2Cl)ccc1N1CCOCC1. The summed E-state index contributed by atoms with van der Waals surface area (Å²) in [5, 5.41) is 3.16. The van der Waals surface area contributed by atoms with Crippen molar-refractivity contribution in [3.63, 3.8) is 0 Å². The lowest BCUT2D eigenvalue weighted by Gasteiger charge is -2.30. The van der Waals surface area contributed by atoms with Crippen molar-refractivity contribution in [2.45, 2.75) is 13.3 Å². The molecule has 0 radical (unpaired) electrons. The molecule has 0 unspecified atom stereocenters. The Morgan fingerprint density at radius 1 is 1.17 bits per heavy atom. The van der Waals surface area contributed by atoms with Crippen LogP contribution in [0.25, 0.3) is 0 Å². The number of benzene rings is 2. The molecule has 0 bridgehead atoms. The molecule has 1 saturated heterocycles. The number of nitrogens with zero attached hydrogens (tertiary/aromatic N) is 1. The lowest BCUT2D eigenvalue weighted by atomic mass is 10.1. The monoisotopic (exact) mass is 480 g/mol. The molecule has 0 atom stereocenters. The Balaban J connectivity index is 1.88. The lowest BCUT2D eigenvalue weighted by molar-refractivity contribution is 0.0504. The minimum Gasteiger partial charge on any atom is -0.462 e. The number of amides is 1. The van der Waals surface area contributed by atoms with Gasteiger partial charge in [-0.1, -0.05) is 34.5 Å². The molecule has 1 heterocycles. The van der Waals surface area contributed by atoms with Crippen LogP contribution < -0.4 is 10.2 Å². The lowest BCUT2D eigenvalue weighted by Crippen LogP contribution is -2.37. The van der Waals surface area contributed by atoms with Crippen molar-refractivity contribution < 1.29 is 19.1 Å². The van der Waals surface area contributed by atoms with Gasteiger partial charge in [-0.15, -0.1) is 0 Å². The number of anilines is 2. The number of esters is 1. The molecule has 1 aliphatic heterocycles. The molecule has 1 aliphatic rings. The van der Waals surface area contributed by atoms with E-state index in [1.54, 1.807) is 30.3 Å². The van der Waals surface area contributed by atoms with E-state index in [1.165, 1.54) is 0 Å². The van der Waals surface area contributed by atoms with E-state index in [2.05, 4.69) is 26.1 Å². The van der Waals surface area contributed by atoms with Crippen molar-refractivity contribution in [1.29, 1.82) is 0 Å². The summed E-state index contributed by atoms with van der Waals surface area (Å²) in [4.78, 5) is 27.4. The first kappa shape index (κ1) is 21.6. The van der Waals surface area contributed by atoms with Crippen molar-refractivity contribution in [2.75, 3.05) is 43.1 Å². The Hall–Kier alpha value is -2.09. The Morgan fingerprint density at radius 3 is 2.66 bits per heavy atom. The number of ether oxygens (including phenoxy) is 2. The number of halogens is 2. The van der Waals surface area contributed by atoms with Crippen LogP contribution in [0.1, 0.15) is 34.1 Å². The largest absolute Gasteiger partial charge is 0.462 e. The van der Waals surface area contributed by atoms with Crippen LogP contribution in [-0.4, -0.2) is 44.8 Å². The molecular formula is C21H22BrClN2O4. The summed E-state index contributed by atoms with van der Waals surface area (Å²) in [6.07, 6.45) is 0.733. The van der Waals surface area contributed by atoms with Crippen LogP contribution >= 0.6 is 27.5 Å². The molecule has 6 nitrogen and oxygen atoms in total. The van der Waals surface area contributed by atoms with E-state index in [1.807, 2.05) is 13.0 Å². The summed E-state index contributed by atoms with van der Waals surface area (Å²) < 4.78 is 11.5. The predicted molar refractivity (Wildman–Crippen MR) is 117 cm³/mol. The third kappa shape index (κ3) is 5.50. The molecule has 0 saturated carbocycles. The maximum absolute atomic E-state index is 12.7. The number of carbonyl (C=O) groups excluding carboxylic acids is 2. The fourth-order valence-electron chi connectivity index (χ4n) is 3.00. The van der Waals surface area contributed by atoms with Gasteiger partial charge in [0.1, 0.15) is 0 Å². The average molecular weight is 482 g/mol. The quantitative estimate of drug-likeness (QED) is 0.603. The zero-order valence-corrected chi connectivity index (χ0v) is 18.4. The maximum atomic E-state index is 12.7. The summed E-state index contributed by atoms with van der Waals surface area (Å²) in [7, 11) is 0. The highest BCUT2D eigenvalue weighted by molar-refractivity contribution is 9.10. The van der Waals surface area contributed by atoms with E-state index in [0.717, 1.165) is 16.6 Å². The number of carbonyl (C=O) groups is 2. The fraction of sp³-hybridized carbons (Fsp3) is 0.333. The van der Waals surface area contributed by atoms with Gasteiger partial charge in [-0.3, -0.25) is 4.79 Å². The van der Waals surface area contributed by atoms with Gasteiger partial charge in [0, 0.05) is 23.2 Å². The molecule has 2 aromatic rings. The number of hydrogen-bond donors (Lipinski definition) is 1. The number of nitrogens with one attached hydrogen (secondary N) is 1. The molecule has 1 amide bonds. The van der Waals surface area contributed by atoms with Crippen LogP contribution in [0, 0.1) is 0 Å². The van der Waals surface area contributed by atoms with E-state index in [-0.39, 0.29) is 5.91 Å². The highest BCUT2D eigenvalue weighted by Crippen LogP contribution is 2.28. The summed E-state index contributed by atoms with van der Waals surface area (Å²) in [6.45, 7) is 4.85. The molecule has 0 spiro atoms. The molecule has 3 rings (SSSR count). The van der Waals surface area contributed by atoms with E-state index in [0.29, 0.717) is 54.7 Å². The standard InChI is InChI=1S/C21H22BrClN2O4/c1-2-9-29-21(27)17-13-15(4-6-19(17)25-7-10-28-11-8-25)24-20(26)16-12-14(22)3-5-18(16)23/h3-6,12-13H,2,7-11H2,1H3,(H,24,26). The smallest absolute Gasteiger partial charge is 0.340 e. The fourth-order valence-corrected chi connectivity index (χ4v) is 3.56. The zero-order valence-electron chi connectivity index (χ0n) is 16.0. The van der Waals surface area contributed by atoms with Gasteiger partial charge in [0.15, 0.2) is 0 Å². The third-order valence-electron chi connectivity index (χ3n) is 4.44. The topological polar surface area (TPSA) is 67.9 Å². The Kier molecular flexibility index (Phi) is 7.52. The van der Waals surface area contributed by atoms with Gasteiger partial charge < -0.3 is 19.7 Å². The molecule has 29 heavy (non-hydrogen) atoms. The van der Waals surface area contributed by atoms with Crippen LogP contribution in [-0.2, 0) is 9.47 Å². The summed E-state index contributed by atoms with van der Waals surface area (Å²) in [5.41, 5.74) is 2.02. The molecule has 1 N–H and O–H groups in total. The van der Waals surface area contributed by atoms with Gasteiger partial charge in [-0.05, 0) is 42.8 Å². The minimum absolute atomic E-state index is 0.339. The van der Waals surface area contributed by atoms with Gasteiger partial charge in [-0.2, -0.15) is 0 Å². The number of hydrogen-bond acceptors (Lipinski definition) is 5. The van der Waals surface area contributed by atoms with Crippen molar-refractivity contribution in [3.8, 4) is 0 Å². The van der Waals surface area contributed by atoms with Gasteiger partial charge >= 0.3 is 5.97 Å². The van der Waals surface area contributed by atoms with Crippen molar-refractivity contribution in [3.05, 3.63) is 57.0 Å². The maximum Gasteiger partial charge on any atom is 0.340 e.